The minimum absolute atomic E-state index is 0.0879. The minimum atomic E-state index is -0.0879. The molecule has 1 atom stereocenters. The molecule has 2 N–H and O–H groups in total. The normalized spacial score (nSPS) is 19.3. The predicted molar refractivity (Wildman–Crippen MR) is 76.1 cm³/mol. The number of aliphatic hydroxyl groups excluding tert-OH is 1. The Labute approximate surface area is 118 Å². The number of nitrogens with zero attached hydrogens (tertiary/aromatic N) is 2. The molecule has 20 heavy (non-hydrogen) atoms. The van der Waals surface area contributed by atoms with Gasteiger partial charge in [0.2, 0.25) is 5.91 Å². The van der Waals surface area contributed by atoms with Gasteiger partial charge in [0.25, 0.3) is 0 Å². The van der Waals surface area contributed by atoms with Gasteiger partial charge in [0.1, 0.15) is 0 Å². The van der Waals surface area contributed by atoms with Crippen molar-refractivity contribution in [1.82, 2.24) is 4.90 Å². The van der Waals surface area contributed by atoms with Crippen molar-refractivity contribution in [3.8, 4) is 6.07 Å². The van der Waals surface area contributed by atoms with Gasteiger partial charge in [-0.25, -0.2) is 0 Å². The Morgan fingerprint density at radius 1 is 1.40 bits per heavy atom. The first-order chi connectivity index (χ1) is 9.72. The highest BCUT2D eigenvalue weighted by atomic mass is 16.3. The van der Waals surface area contributed by atoms with Crippen LogP contribution >= 0.6 is 0 Å². The van der Waals surface area contributed by atoms with Crippen molar-refractivity contribution >= 4 is 11.6 Å². The van der Waals surface area contributed by atoms with Crippen molar-refractivity contribution in [2.75, 3.05) is 25.0 Å². The van der Waals surface area contributed by atoms with Gasteiger partial charge in [0.15, 0.2) is 0 Å². The second-order valence-electron chi connectivity index (χ2n) is 5.04. The second-order valence-corrected chi connectivity index (χ2v) is 5.04. The standard InChI is InChI=1S/C15H19N3O2/c16-9-12-4-6-13(7-5-12)17-15(20)10-18-8-2-1-3-14(18)11-19/h4-7,14,19H,1-3,8,10-11H2,(H,17,20). The molecular formula is C15H19N3O2. The SMILES string of the molecule is N#Cc1ccc(NC(=O)CN2CCCCC2CO)cc1. The van der Waals surface area contributed by atoms with E-state index in [1.807, 2.05) is 11.0 Å². The summed E-state index contributed by atoms with van der Waals surface area (Å²) in [4.78, 5) is 14.0. The molecule has 1 aromatic rings. The van der Waals surface area contributed by atoms with E-state index in [0.717, 1.165) is 25.8 Å². The van der Waals surface area contributed by atoms with Crippen molar-refractivity contribution in [2.24, 2.45) is 0 Å². The number of piperidine rings is 1. The Morgan fingerprint density at radius 3 is 2.80 bits per heavy atom. The minimum Gasteiger partial charge on any atom is -0.395 e. The van der Waals surface area contributed by atoms with E-state index in [-0.39, 0.29) is 18.6 Å². The first-order valence-electron chi connectivity index (χ1n) is 6.88. The van der Waals surface area contributed by atoms with Crippen LogP contribution in [0.4, 0.5) is 5.69 Å². The molecule has 1 heterocycles. The quantitative estimate of drug-likeness (QED) is 0.868. The molecule has 0 aromatic heterocycles. The van der Waals surface area contributed by atoms with Gasteiger partial charge in [-0.05, 0) is 43.7 Å². The third-order valence-corrected chi connectivity index (χ3v) is 3.60. The molecule has 0 spiro atoms. The van der Waals surface area contributed by atoms with E-state index in [2.05, 4.69) is 5.32 Å². The molecule has 1 aliphatic heterocycles. The molecule has 1 fully saturated rings. The molecule has 0 bridgehead atoms. The van der Waals surface area contributed by atoms with Gasteiger partial charge in [0, 0.05) is 11.7 Å². The van der Waals surface area contributed by atoms with Crippen LogP contribution in [-0.4, -0.2) is 41.7 Å². The largest absolute Gasteiger partial charge is 0.395 e. The molecule has 0 aliphatic carbocycles. The first-order valence-corrected chi connectivity index (χ1v) is 6.88. The number of rotatable bonds is 4. The van der Waals surface area contributed by atoms with E-state index in [0.29, 0.717) is 17.8 Å². The Morgan fingerprint density at radius 2 is 2.15 bits per heavy atom. The van der Waals surface area contributed by atoms with Crippen LogP contribution in [-0.2, 0) is 4.79 Å². The molecule has 106 valence electrons. The molecule has 1 aliphatic rings. The number of hydrogen-bond donors (Lipinski definition) is 2. The average Bonchev–Trinajstić information content (AvgIpc) is 2.48. The maximum atomic E-state index is 12.0. The van der Waals surface area contributed by atoms with Gasteiger partial charge in [-0.15, -0.1) is 0 Å². The number of amides is 1. The lowest BCUT2D eigenvalue weighted by Crippen LogP contribution is -2.45. The molecule has 5 nitrogen and oxygen atoms in total. The first kappa shape index (κ1) is 14.5. The van der Waals surface area contributed by atoms with Crippen molar-refractivity contribution < 1.29 is 9.90 Å². The van der Waals surface area contributed by atoms with E-state index in [1.54, 1.807) is 24.3 Å². The highest BCUT2D eigenvalue weighted by Crippen LogP contribution is 2.16. The number of hydrogen-bond acceptors (Lipinski definition) is 4. The Bertz CT molecular complexity index is 493. The van der Waals surface area contributed by atoms with E-state index in [1.165, 1.54) is 0 Å². The van der Waals surface area contributed by atoms with Gasteiger partial charge in [-0.3, -0.25) is 9.69 Å². The molecule has 5 heteroatoms. The second kappa shape index (κ2) is 7.04. The molecule has 2 rings (SSSR count). The van der Waals surface area contributed by atoms with Crippen molar-refractivity contribution in [2.45, 2.75) is 25.3 Å². The third kappa shape index (κ3) is 3.80. The van der Waals surface area contributed by atoms with Crippen LogP contribution in [0.25, 0.3) is 0 Å². The van der Waals surface area contributed by atoms with Crippen molar-refractivity contribution in [1.29, 1.82) is 5.26 Å². The lowest BCUT2D eigenvalue weighted by Gasteiger charge is -2.33. The number of benzene rings is 1. The van der Waals surface area contributed by atoms with Crippen LogP contribution in [0.15, 0.2) is 24.3 Å². The van der Waals surface area contributed by atoms with Gasteiger partial charge >= 0.3 is 0 Å². The summed E-state index contributed by atoms with van der Waals surface area (Å²) in [6.07, 6.45) is 3.13. The lowest BCUT2D eigenvalue weighted by atomic mass is 10.0. The fraction of sp³-hybridized carbons (Fsp3) is 0.467. The lowest BCUT2D eigenvalue weighted by molar-refractivity contribution is -0.118. The summed E-state index contributed by atoms with van der Waals surface area (Å²) < 4.78 is 0. The summed E-state index contributed by atoms with van der Waals surface area (Å²) in [5, 5.41) is 20.8. The van der Waals surface area contributed by atoms with E-state index in [9.17, 15) is 9.90 Å². The topological polar surface area (TPSA) is 76.4 Å². The van der Waals surface area contributed by atoms with E-state index >= 15 is 0 Å². The zero-order chi connectivity index (χ0) is 14.4. The summed E-state index contributed by atoms with van der Waals surface area (Å²) >= 11 is 0. The average molecular weight is 273 g/mol. The molecule has 0 radical (unpaired) electrons. The van der Waals surface area contributed by atoms with Crippen molar-refractivity contribution in [3.63, 3.8) is 0 Å². The van der Waals surface area contributed by atoms with Crippen LogP contribution in [0.1, 0.15) is 24.8 Å². The number of nitriles is 1. The Balaban J connectivity index is 1.89. The number of carbonyl (C=O) groups is 1. The monoisotopic (exact) mass is 273 g/mol. The van der Waals surface area contributed by atoms with E-state index < -0.39 is 0 Å². The van der Waals surface area contributed by atoms with Gasteiger partial charge in [-0.2, -0.15) is 5.26 Å². The number of nitrogens with one attached hydrogen (secondary N) is 1. The predicted octanol–water partition coefficient (Wildman–Crippen LogP) is 1.34. The zero-order valence-electron chi connectivity index (χ0n) is 11.4. The van der Waals surface area contributed by atoms with Gasteiger partial charge in [-0.1, -0.05) is 6.42 Å². The zero-order valence-corrected chi connectivity index (χ0v) is 11.4. The maximum absolute atomic E-state index is 12.0. The summed E-state index contributed by atoms with van der Waals surface area (Å²) in [6, 6.07) is 8.92. The molecule has 1 unspecified atom stereocenters. The molecule has 1 aromatic carbocycles. The summed E-state index contributed by atoms with van der Waals surface area (Å²) in [5.74, 6) is -0.0879. The highest BCUT2D eigenvalue weighted by Gasteiger charge is 2.23. The fourth-order valence-corrected chi connectivity index (χ4v) is 2.49. The van der Waals surface area contributed by atoms with Crippen molar-refractivity contribution in [3.05, 3.63) is 29.8 Å². The summed E-state index contributed by atoms with van der Waals surface area (Å²) in [7, 11) is 0. The summed E-state index contributed by atoms with van der Waals surface area (Å²) in [6.45, 7) is 1.25. The molecular weight excluding hydrogens is 254 g/mol. The number of carbonyl (C=O) groups excluding carboxylic acids is 1. The van der Waals surface area contributed by atoms with Crippen LogP contribution in [0.3, 0.4) is 0 Å². The smallest absolute Gasteiger partial charge is 0.238 e. The molecule has 0 saturated carbocycles. The Hall–Kier alpha value is -1.90. The molecule has 1 saturated heterocycles. The number of likely N-dealkylation sites (tertiary alicyclic amines) is 1. The van der Waals surface area contributed by atoms with E-state index in [4.69, 9.17) is 5.26 Å². The molecule has 1 amide bonds. The van der Waals surface area contributed by atoms with Crippen LogP contribution < -0.4 is 5.32 Å². The number of aliphatic hydroxyl groups is 1. The Kier molecular flexibility index (Phi) is 5.10. The maximum Gasteiger partial charge on any atom is 0.238 e. The highest BCUT2D eigenvalue weighted by molar-refractivity contribution is 5.92. The van der Waals surface area contributed by atoms with Crippen LogP contribution in [0.5, 0.6) is 0 Å². The van der Waals surface area contributed by atoms with Crippen LogP contribution in [0, 0.1) is 11.3 Å². The van der Waals surface area contributed by atoms with Crippen LogP contribution in [0.2, 0.25) is 0 Å². The van der Waals surface area contributed by atoms with Gasteiger partial charge < -0.3 is 10.4 Å². The fourth-order valence-electron chi connectivity index (χ4n) is 2.49. The van der Waals surface area contributed by atoms with Gasteiger partial charge in [0.05, 0.1) is 24.8 Å². The summed E-state index contributed by atoms with van der Waals surface area (Å²) in [5.41, 5.74) is 1.26. The number of anilines is 1. The third-order valence-electron chi connectivity index (χ3n) is 3.60.